The molecule has 0 spiro atoms. The topological polar surface area (TPSA) is 59.2 Å². The van der Waals surface area contributed by atoms with Crippen LogP contribution in [0.2, 0.25) is 0 Å². The van der Waals surface area contributed by atoms with Crippen LogP contribution in [0.25, 0.3) is 11.5 Å². The number of aromatic hydroxyl groups is 1. The van der Waals surface area contributed by atoms with Crippen LogP contribution in [0.4, 0.5) is 13.2 Å². The predicted molar refractivity (Wildman–Crippen MR) is 74.0 cm³/mol. The summed E-state index contributed by atoms with van der Waals surface area (Å²) in [6.45, 7) is 3.10. The molecule has 1 N–H and O–H groups in total. The van der Waals surface area contributed by atoms with Gasteiger partial charge in [-0.3, -0.25) is 0 Å². The molecule has 1 heterocycles. The Balaban J connectivity index is 2.24. The zero-order chi connectivity index (χ0) is 16.3. The lowest BCUT2D eigenvalue weighted by Crippen LogP contribution is -2.25. The average Bonchev–Trinajstić information content (AvgIpc) is 2.93. The summed E-state index contributed by atoms with van der Waals surface area (Å²) in [5.41, 5.74) is 0.535. The van der Waals surface area contributed by atoms with Gasteiger partial charge in [-0.05, 0) is 30.7 Å². The number of hydrogen-bond acceptors (Lipinski definition) is 4. The zero-order valence-electron chi connectivity index (χ0n) is 12.2. The molecule has 0 saturated heterocycles. The standard InChI is InChI=1S/C15H16F3N2O2/c1-3-4-12(15(16,17)18)9(2)13-19-20-14(22-13)10-5-7-11(21)8-6-10/h5-9,21H,3-4H2,1-2H3. The van der Waals surface area contributed by atoms with Gasteiger partial charge in [0.2, 0.25) is 11.8 Å². The van der Waals surface area contributed by atoms with Crippen molar-refractivity contribution in [2.75, 3.05) is 0 Å². The third kappa shape index (κ3) is 3.58. The fourth-order valence-electron chi connectivity index (χ4n) is 2.15. The van der Waals surface area contributed by atoms with E-state index in [2.05, 4.69) is 10.2 Å². The van der Waals surface area contributed by atoms with E-state index in [1.807, 2.05) is 0 Å². The Morgan fingerprint density at radius 1 is 1.23 bits per heavy atom. The fraction of sp³-hybridized carbons (Fsp3) is 0.400. The first-order valence-electron chi connectivity index (χ1n) is 6.88. The molecule has 22 heavy (non-hydrogen) atoms. The third-order valence-electron chi connectivity index (χ3n) is 3.33. The maximum Gasteiger partial charge on any atom is 0.396 e. The van der Waals surface area contributed by atoms with E-state index in [4.69, 9.17) is 4.42 Å². The van der Waals surface area contributed by atoms with E-state index in [1.165, 1.54) is 19.1 Å². The van der Waals surface area contributed by atoms with Crippen molar-refractivity contribution in [1.82, 2.24) is 10.2 Å². The molecule has 1 atom stereocenters. The molecule has 2 rings (SSSR count). The summed E-state index contributed by atoms with van der Waals surface area (Å²) in [5.74, 6) is -1.43. The van der Waals surface area contributed by atoms with Crippen LogP contribution in [0.3, 0.4) is 0 Å². The Kier molecular flexibility index (Phi) is 4.73. The summed E-state index contributed by atoms with van der Waals surface area (Å²) in [4.78, 5) is 0. The van der Waals surface area contributed by atoms with Crippen LogP contribution in [0.5, 0.6) is 5.75 Å². The molecule has 0 aliphatic heterocycles. The Morgan fingerprint density at radius 3 is 2.41 bits per heavy atom. The van der Waals surface area contributed by atoms with Gasteiger partial charge in [-0.15, -0.1) is 10.2 Å². The van der Waals surface area contributed by atoms with E-state index >= 15 is 0 Å². The number of benzene rings is 1. The van der Waals surface area contributed by atoms with Gasteiger partial charge in [-0.25, -0.2) is 0 Å². The SMILES string of the molecule is CCC[C](C(C)c1nnc(-c2ccc(O)cc2)o1)C(F)(F)F. The summed E-state index contributed by atoms with van der Waals surface area (Å²) in [6, 6.07) is 5.98. The van der Waals surface area contributed by atoms with E-state index in [0.29, 0.717) is 12.0 Å². The quantitative estimate of drug-likeness (QED) is 0.884. The smallest absolute Gasteiger partial charge is 0.396 e. The summed E-state index contributed by atoms with van der Waals surface area (Å²) >= 11 is 0. The van der Waals surface area contributed by atoms with Crippen molar-refractivity contribution in [1.29, 1.82) is 0 Å². The monoisotopic (exact) mass is 313 g/mol. The molecule has 7 heteroatoms. The summed E-state index contributed by atoms with van der Waals surface area (Å²) in [6.07, 6.45) is -4.07. The van der Waals surface area contributed by atoms with Crippen molar-refractivity contribution in [3.05, 3.63) is 36.1 Å². The number of rotatable bonds is 5. The van der Waals surface area contributed by atoms with E-state index < -0.39 is 18.0 Å². The first-order valence-corrected chi connectivity index (χ1v) is 6.88. The molecule has 1 radical (unpaired) electrons. The van der Waals surface area contributed by atoms with Gasteiger partial charge in [0, 0.05) is 11.5 Å². The lowest BCUT2D eigenvalue weighted by molar-refractivity contribution is -0.122. The summed E-state index contributed by atoms with van der Waals surface area (Å²) < 4.78 is 44.6. The van der Waals surface area contributed by atoms with Crippen molar-refractivity contribution in [3.63, 3.8) is 0 Å². The normalized spacial score (nSPS) is 13.5. The molecule has 0 aliphatic rings. The maximum atomic E-state index is 13.1. The lowest BCUT2D eigenvalue weighted by Gasteiger charge is -2.22. The minimum absolute atomic E-state index is 0.0659. The minimum Gasteiger partial charge on any atom is -0.508 e. The molecular weight excluding hydrogens is 297 g/mol. The number of phenolic OH excluding ortho intramolecular Hbond substituents is 1. The number of nitrogens with zero attached hydrogens (tertiary/aromatic N) is 2. The van der Waals surface area contributed by atoms with Gasteiger partial charge in [-0.2, -0.15) is 13.2 Å². The van der Waals surface area contributed by atoms with Gasteiger partial charge in [0.25, 0.3) is 0 Å². The second kappa shape index (κ2) is 6.37. The number of aromatic nitrogens is 2. The van der Waals surface area contributed by atoms with Crippen molar-refractivity contribution >= 4 is 0 Å². The minimum atomic E-state index is -4.39. The molecule has 4 nitrogen and oxygen atoms in total. The summed E-state index contributed by atoms with van der Waals surface area (Å²) in [7, 11) is 0. The predicted octanol–water partition coefficient (Wildman–Crippen LogP) is 4.48. The molecule has 1 unspecified atom stereocenters. The van der Waals surface area contributed by atoms with Crippen LogP contribution >= 0.6 is 0 Å². The molecule has 0 aliphatic carbocycles. The van der Waals surface area contributed by atoms with Crippen LogP contribution in [0.15, 0.2) is 28.7 Å². The van der Waals surface area contributed by atoms with Gasteiger partial charge in [-0.1, -0.05) is 20.3 Å². The number of phenols is 1. The van der Waals surface area contributed by atoms with Gasteiger partial charge < -0.3 is 9.52 Å². The summed E-state index contributed by atoms with van der Waals surface area (Å²) in [5, 5.41) is 16.7. The molecule has 0 fully saturated rings. The van der Waals surface area contributed by atoms with Crippen molar-refractivity contribution in [2.45, 2.75) is 38.8 Å². The van der Waals surface area contributed by atoms with Crippen molar-refractivity contribution in [2.24, 2.45) is 0 Å². The van der Waals surface area contributed by atoms with E-state index in [0.717, 1.165) is 0 Å². The van der Waals surface area contributed by atoms with E-state index in [9.17, 15) is 18.3 Å². The van der Waals surface area contributed by atoms with Gasteiger partial charge in [0.1, 0.15) is 5.75 Å². The van der Waals surface area contributed by atoms with E-state index in [1.54, 1.807) is 19.1 Å². The molecule has 1 aromatic heterocycles. The molecular formula is C15H16F3N2O2. The first kappa shape index (κ1) is 16.3. The Morgan fingerprint density at radius 2 is 1.86 bits per heavy atom. The second-order valence-corrected chi connectivity index (χ2v) is 4.99. The van der Waals surface area contributed by atoms with Gasteiger partial charge in [0.05, 0.1) is 5.92 Å². The highest BCUT2D eigenvalue weighted by Gasteiger charge is 2.45. The van der Waals surface area contributed by atoms with Crippen LogP contribution in [0, 0.1) is 5.92 Å². The maximum absolute atomic E-state index is 13.1. The highest BCUT2D eigenvalue weighted by molar-refractivity contribution is 5.53. The molecule has 119 valence electrons. The third-order valence-corrected chi connectivity index (χ3v) is 3.33. The van der Waals surface area contributed by atoms with Crippen molar-refractivity contribution < 1.29 is 22.7 Å². The first-order chi connectivity index (χ1) is 10.3. The Bertz CT molecular complexity index is 608. The molecule has 1 aromatic carbocycles. The Labute approximate surface area is 126 Å². The average molecular weight is 313 g/mol. The molecule has 0 amide bonds. The van der Waals surface area contributed by atoms with E-state index in [-0.39, 0.29) is 24.0 Å². The van der Waals surface area contributed by atoms with Crippen LogP contribution in [-0.2, 0) is 0 Å². The molecule has 2 aromatic rings. The van der Waals surface area contributed by atoms with Gasteiger partial charge in [0.15, 0.2) is 0 Å². The Hall–Kier alpha value is -2.05. The molecule has 0 saturated carbocycles. The lowest BCUT2D eigenvalue weighted by atomic mass is 9.89. The number of hydrogen-bond donors (Lipinski definition) is 1. The molecule has 0 bridgehead atoms. The number of alkyl halides is 3. The van der Waals surface area contributed by atoms with Crippen LogP contribution in [-0.4, -0.2) is 21.5 Å². The zero-order valence-corrected chi connectivity index (χ0v) is 12.2. The van der Waals surface area contributed by atoms with Crippen molar-refractivity contribution in [3.8, 4) is 17.2 Å². The van der Waals surface area contributed by atoms with Crippen LogP contribution < -0.4 is 0 Å². The number of halogens is 3. The second-order valence-electron chi connectivity index (χ2n) is 4.99. The fourth-order valence-corrected chi connectivity index (χ4v) is 2.15. The highest BCUT2D eigenvalue weighted by Crippen LogP contribution is 2.42. The highest BCUT2D eigenvalue weighted by atomic mass is 19.4. The van der Waals surface area contributed by atoms with Crippen LogP contribution in [0.1, 0.15) is 38.5 Å². The van der Waals surface area contributed by atoms with Gasteiger partial charge >= 0.3 is 6.18 Å². The largest absolute Gasteiger partial charge is 0.508 e.